The Morgan fingerprint density at radius 2 is 1.66 bits per heavy atom. The molecule has 0 saturated heterocycles. The Morgan fingerprint density at radius 1 is 1.00 bits per heavy atom. The normalized spacial score (nSPS) is 10.7. The fourth-order valence-electron chi connectivity index (χ4n) is 3.09. The summed E-state index contributed by atoms with van der Waals surface area (Å²) in [7, 11) is 0. The fraction of sp³-hybridized carbons (Fsp3) is 0.105. The molecule has 0 aromatic heterocycles. The molecule has 0 fully saturated rings. The second-order valence-electron chi connectivity index (χ2n) is 6.18. The van der Waals surface area contributed by atoms with Gasteiger partial charge in [0.1, 0.15) is 5.69 Å². The maximum Gasteiger partial charge on any atom is 0.302 e. The van der Waals surface area contributed by atoms with Crippen LogP contribution < -0.4 is 4.90 Å². The summed E-state index contributed by atoms with van der Waals surface area (Å²) < 4.78 is 0.541. The maximum atomic E-state index is 12.4. The summed E-state index contributed by atoms with van der Waals surface area (Å²) in [6.45, 7) is 1.42. The number of hydrogen-bond acceptors (Lipinski definition) is 5. The van der Waals surface area contributed by atoms with Crippen molar-refractivity contribution in [2.45, 2.75) is 13.5 Å². The number of halogens is 2. The molecule has 0 spiro atoms. The van der Waals surface area contributed by atoms with Crippen molar-refractivity contribution in [3.05, 3.63) is 83.3 Å². The minimum Gasteiger partial charge on any atom is -0.301 e. The van der Waals surface area contributed by atoms with E-state index in [1.807, 2.05) is 6.07 Å². The van der Waals surface area contributed by atoms with Crippen LogP contribution in [-0.4, -0.2) is 15.8 Å². The van der Waals surface area contributed by atoms with Gasteiger partial charge in [0.25, 0.3) is 5.69 Å². The molecule has 0 aliphatic heterocycles. The third-order valence-electron chi connectivity index (χ3n) is 4.31. The van der Waals surface area contributed by atoms with Gasteiger partial charge in [-0.15, -0.1) is 0 Å². The van der Waals surface area contributed by atoms with Gasteiger partial charge in [-0.3, -0.25) is 25.0 Å². The predicted octanol–water partition coefficient (Wildman–Crippen LogP) is 5.73. The van der Waals surface area contributed by atoms with E-state index in [0.29, 0.717) is 4.47 Å². The molecular weight excluding hydrogens is 510 g/mol. The Kier molecular flexibility index (Phi) is 5.94. The molecule has 3 rings (SSSR count). The number of benzene rings is 3. The average molecular weight is 523 g/mol. The molecule has 3 aromatic carbocycles. The van der Waals surface area contributed by atoms with E-state index in [9.17, 15) is 25.0 Å². The van der Waals surface area contributed by atoms with Crippen LogP contribution >= 0.6 is 31.9 Å². The summed E-state index contributed by atoms with van der Waals surface area (Å²) in [6, 6.07) is 13.2. The lowest BCUT2D eigenvalue weighted by molar-refractivity contribution is -0.384. The van der Waals surface area contributed by atoms with Gasteiger partial charge < -0.3 is 4.90 Å². The number of amides is 1. The zero-order valence-corrected chi connectivity index (χ0v) is 18.1. The van der Waals surface area contributed by atoms with Crippen LogP contribution in [0.3, 0.4) is 0 Å². The zero-order chi connectivity index (χ0) is 21.3. The number of nitro groups is 2. The summed E-state index contributed by atoms with van der Waals surface area (Å²) in [4.78, 5) is 36.0. The van der Waals surface area contributed by atoms with Crippen molar-refractivity contribution < 1.29 is 14.6 Å². The molecule has 0 unspecified atom stereocenters. The minimum atomic E-state index is -0.625. The van der Waals surface area contributed by atoms with E-state index in [1.165, 1.54) is 30.0 Å². The topological polar surface area (TPSA) is 107 Å². The molecule has 10 heteroatoms. The third kappa shape index (κ3) is 4.13. The number of nitro benzene ring substituents is 2. The van der Waals surface area contributed by atoms with Crippen molar-refractivity contribution in [1.82, 2.24) is 0 Å². The van der Waals surface area contributed by atoms with Crippen LogP contribution in [0.2, 0.25) is 0 Å². The van der Waals surface area contributed by atoms with E-state index in [0.717, 1.165) is 5.56 Å². The Labute approximate surface area is 181 Å². The molecule has 0 heterocycles. The highest BCUT2D eigenvalue weighted by Gasteiger charge is 2.31. The molecule has 0 saturated carbocycles. The average Bonchev–Trinajstić information content (AvgIpc) is 2.65. The van der Waals surface area contributed by atoms with Crippen LogP contribution in [0.15, 0.2) is 57.5 Å². The lowest BCUT2D eigenvalue weighted by Crippen LogP contribution is -2.29. The number of rotatable bonds is 5. The van der Waals surface area contributed by atoms with Crippen LogP contribution in [-0.2, 0) is 11.3 Å². The smallest absolute Gasteiger partial charge is 0.301 e. The van der Waals surface area contributed by atoms with Crippen LogP contribution in [0, 0.1) is 20.2 Å². The number of carbonyl (C=O) groups excluding carboxylic acids is 1. The van der Waals surface area contributed by atoms with Gasteiger partial charge in [0, 0.05) is 21.9 Å². The quantitative estimate of drug-likeness (QED) is 0.314. The molecule has 8 nitrogen and oxygen atoms in total. The van der Waals surface area contributed by atoms with Crippen molar-refractivity contribution in [3.8, 4) is 0 Å². The molecule has 0 aliphatic rings. The second-order valence-corrected chi connectivity index (χ2v) is 7.95. The Bertz CT molecular complexity index is 1150. The highest BCUT2D eigenvalue weighted by atomic mass is 79.9. The monoisotopic (exact) mass is 521 g/mol. The van der Waals surface area contributed by atoms with E-state index in [-0.39, 0.29) is 38.9 Å². The lowest BCUT2D eigenvalue weighted by atomic mass is 10.0. The standard InChI is InChI=1S/C19H13Br2N3O5/c1-11(25)22(10-12-5-3-2-4-6-12)19-16(21)9-14-15(18(19)24(28)29)7-13(20)8-17(14)23(26)27/h2-9H,10H2,1H3. The SMILES string of the molecule is CC(=O)N(Cc1ccccc1)c1c(Br)cc2c([N+](=O)[O-])cc(Br)cc2c1[N+](=O)[O-]. The van der Waals surface area contributed by atoms with Crippen LogP contribution in [0.4, 0.5) is 17.1 Å². The van der Waals surface area contributed by atoms with Gasteiger partial charge in [-0.1, -0.05) is 46.3 Å². The van der Waals surface area contributed by atoms with Crippen molar-refractivity contribution in [3.63, 3.8) is 0 Å². The summed E-state index contributed by atoms with van der Waals surface area (Å²) in [5.74, 6) is -0.401. The third-order valence-corrected chi connectivity index (χ3v) is 5.37. The Morgan fingerprint density at radius 3 is 2.21 bits per heavy atom. The maximum absolute atomic E-state index is 12.4. The zero-order valence-electron chi connectivity index (χ0n) is 15.0. The molecule has 0 bridgehead atoms. The first-order chi connectivity index (χ1) is 13.7. The van der Waals surface area contributed by atoms with Crippen molar-refractivity contribution in [1.29, 1.82) is 0 Å². The predicted molar refractivity (Wildman–Crippen MR) is 116 cm³/mol. The molecule has 0 aliphatic carbocycles. The second kappa shape index (κ2) is 8.26. The van der Waals surface area contributed by atoms with E-state index in [4.69, 9.17) is 0 Å². The van der Waals surface area contributed by atoms with E-state index in [1.54, 1.807) is 24.3 Å². The number of hydrogen-bond donors (Lipinski definition) is 0. The van der Waals surface area contributed by atoms with E-state index >= 15 is 0 Å². The van der Waals surface area contributed by atoms with E-state index < -0.39 is 15.8 Å². The van der Waals surface area contributed by atoms with Crippen LogP contribution in [0.5, 0.6) is 0 Å². The molecule has 3 aromatic rings. The van der Waals surface area contributed by atoms with Crippen molar-refractivity contribution in [2.24, 2.45) is 0 Å². The summed E-state index contributed by atoms with van der Waals surface area (Å²) in [5, 5.41) is 23.6. The fourth-order valence-corrected chi connectivity index (χ4v) is 4.17. The molecule has 0 radical (unpaired) electrons. The van der Waals surface area contributed by atoms with Gasteiger partial charge in [0.2, 0.25) is 5.91 Å². The number of nitrogens with zero attached hydrogens (tertiary/aromatic N) is 3. The summed E-state index contributed by atoms with van der Waals surface area (Å²) >= 11 is 6.47. The molecule has 0 atom stereocenters. The Balaban J connectivity index is 2.35. The van der Waals surface area contributed by atoms with Gasteiger partial charge in [0.15, 0.2) is 0 Å². The summed E-state index contributed by atoms with van der Waals surface area (Å²) in [6.07, 6.45) is 0. The number of fused-ring (bicyclic) bond motifs is 1. The molecule has 1 amide bonds. The first-order valence-corrected chi connectivity index (χ1v) is 9.86. The molecular formula is C19H13Br2N3O5. The number of anilines is 1. The first-order valence-electron chi connectivity index (χ1n) is 8.27. The van der Waals surface area contributed by atoms with Crippen molar-refractivity contribution in [2.75, 3.05) is 4.90 Å². The molecule has 29 heavy (non-hydrogen) atoms. The first kappa shape index (κ1) is 20.9. The van der Waals surface area contributed by atoms with Gasteiger partial charge in [0.05, 0.1) is 27.2 Å². The Hall–Kier alpha value is -2.85. The molecule has 0 N–H and O–H groups in total. The van der Waals surface area contributed by atoms with Crippen LogP contribution in [0.1, 0.15) is 12.5 Å². The van der Waals surface area contributed by atoms with Gasteiger partial charge in [-0.05, 0) is 33.6 Å². The largest absolute Gasteiger partial charge is 0.302 e. The number of carbonyl (C=O) groups is 1. The highest BCUT2D eigenvalue weighted by Crippen LogP contribution is 2.46. The van der Waals surface area contributed by atoms with Crippen molar-refractivity contribution >= 4 is 65.6 Å². The number of non-ortho nitro benzene ring substituents is 1. The lowest BCUT2D eigenvalue weighted by Gasteiger charge is -2.23. The summed E-state index contributed by atoms with van der Waals surface area (Å²) in [5.41, 5.74) is 0.169. The van der Waals surface area contributed by atoms with E-state index in [2.05, 4.69) is 31.9 Å². The van der Waals surface area contributed by atoms with Gasteiger partial charge in [-0.25, -0.2) is 0 Å². The van der Waals surface area contributed by atoms with Gasteiger partial charge in [-0.2, -0.15) is 0 Å². The minimum absolute atomic E-state index is 0.0475. The van der Waals surface area contributed by atoms with Gasteiger partial charge >= 0.3 is 5.69 Å². The highest BCUT2D eigenvalue weighted by molar-refractivity contribution is 9.11. The van der Waals surface area contributed by atoms with Crippen LogP contribution in [0.25, 0.3) is 10.8 Å². The molecule has 148 valence electrons.